The van der Waals surface area contributed by atoms with E-state index in [9.17, 15) is 9.90 Å². The number of carboxylic acids is 1. The van der Waals surface area contributed by atoms with Gasteiger partial charge < -0.3 is 10.4 Å². The summed E-state index contributed by atoms with van der Waals surface area (Å²) in [5.41, 5.74) is -0.217. The Labute approximate surface area is 100 Å². The Hall–Kier alpha value is -1.22. The van der Waals surface area contributed by atoms with Gasteiger partial charge in [-0.25, -0.2) is 4.79 Å². The number of halogens is 1. The van der Waals surface area contributed by atoms with Gasteiger partial charge in [0.05, 0.1) is 0 Å². The van der Waals surface area contributed by atoms with Gasteiger partial charge >= 0.3 is 5.97 Å². The molecular formula is C12H16ClNO2. The number of aliphatic carboxylic acids is 1. The van der Waals surface area contributed by atoms with Crippen molar-refractivity contribution in [3.05, 3.63) is 29.3 Å². The van der Waals surface area contributed by atoms with Gasteiger partial charge in [-0.3, -0.25) is 0 Å². The van der Waals surface area contributed by atoms with E-state index in [0.717, 1.165) is 12.1 Å². The molecule has 1 aromatic rings. The van der Waals surface area contributed by atoms with Gasteiger partial charge in [-0.15, -0.1) is 0 Å². The SMILES string of the molecule is CCCC(C)(Nc1cccc(Cl)c1)C(=O)O. The summed E-state index contributed by atoms with van der Waals surface area (Å²) < 4.78 is 0. The number of rotatable bonds is 5. The van der Waals surface area contributed by atoms with Gasteiger partial charge in [-0.2, -0.15) is 0 Å². The first-order chi connectivity index (χ1) is 7.48. The minimum absolute atomic E-state index is 0.564. The Morgan fingerprint density at radius 3 is 2.75 bits per heavy atom. The number of nitrogens with one attached hydrogen (secondary N) is 1. The van der Waals surface area contributed by atoms with Gasteiger partial charge in [0.2, 0.25) is 0 Å². The first-order valence-electron chi connectivity index (χ1n) is 5.25. The molecule has 0 aliphatic heterocycles. The molecule has 16 heavy (non-hydrogen) atoms. The fourth-order valence-electron chi connectivity index (χ4n) is 1.61. The highest BCUT2D eigenvalue weighted by atomic mass is 35.5. The van der Waals surface area contributed by atoms with E-state index in [4.69, 9.17) is 11.6 Å². The Kier molecular flexibility index (Phi) is 4.19. The number of benzene rings is 1. The molecule has 0 bridgehead atoms. The average Bonchev–Trinajstić information content (AvgIpc) is 2.17. The fraction of sp³-hybridized carbons (Fsp3) is 0.417. The highest BCUT2D eigenvalue weighted by Crippen LogP contribution is 2.22. The molecule has 0 aliphatic rings. The maximum atomic E-state index is 11.2. The first-order valence-corrected chi connectivity index (χ1v) is 5.63. The summed E-state index contributed by atoms with van der Waals surface area (Å²) >= 11 is 5.84. The van der Waals surface area contributed by atoms with Gasteiger partial charge in [0.15, 0.2) is 0 Å². The molecule has 0 fully saturated rings. The molecule has 0 aliphatic carbocycles. The molecule has 4 heteroatoms. The van der Waals surface area contributed by atoms with Crippen LogP contribution in [0.4, 0.5) is 5.69 Å². The molecule has 1 aromatic carbocycles. The zero-order valence-electron chi connectivity index (χ0n) is 9.46. The molecule has 1 rings (SSSR count). The molecule has 0 amide bonds. The number of anilines is 1. The maximum Gasteiger partial charge on any atom is 0.329 e. The Morgan fingerprint density at radius 2 is 2.25 bits per heavy atom. The van der Waals surface area contributed by atoms with Crippen LogP contribution in [0.25, 0.3) is 0 Å². The maximum absolute atomic E-state index is 11.2. The van der Waals surface area contributed by atoms with Gasteiger partial charge in [0.25, 0.3) is 0 Å². The second kappa shape index (κ2) is 5.21. The van der Waals surface area contributed by atoms with Crippen LogP contribution in [-0.4, -0.2) is 16.6 Å². The number of carboxylic acid groups (broad SMARTS) is 1. The topological polar surface area (TPSA) is 49.3 Å². The fourth-order valence-corrected chi connectivity index (χ4v) is 1.80. The van der Waals surface area contributed by atoms with Crippen molar-refractivity contribution in [2.24, 2.45) is 0 Å². The molecule has 0 heterocycles. The highest BCUT2D eigenvalue weighted by Gasteiger charge is 2.31. The van der Waals surface area contributed by atoms with Crippen molar-refractivity contribution >= 4 is 23.3 Å². The molecule has 0 spiro atoms. The third-order valence-electron chi connectivity index (χ3n) is 2.47. The molecule has 0 saturated heterocycles. The van der Waals surface area contributed by atoms with E-state index < -0.39 is 11.5 Å². The van der Waals surface area contributed by atoms with Crippen LogP contribution in [0, 0.1) is 0 Å². The minimum atomic E-state index is -0.945. The predicted octanol–water partition coefficient (Wildman–Crippen LogP) is 3.40. The van der Waals surface area contributed by atoms with Crippen molar-refractivity contribution in [3.8, 4) is 0 Å². The van der Waals surface area contributed by atoms with Crippen LogP contribution < -0.4 is 5.32 Å². The lowest BCUT2D eigenvalue weighted by molar-refractivity contribution is -0.141. The van der Waals surface area contributed by atoms with Crippen molar-refractivity contribution in [1.82, 2.24) is 0 Å². The second-order valence-electron chi connectivity index (χ2n) is 4.02. The van der Waals surface area contributed by atoms with Gasteiger partial charge in [-0.05, 0) is 31.5 Å². The third kappa shape index (κ3) is 3.14. The number of hydrogen-bond acceptors (Lipinski definition) is 2. The second-order valence-corrected chi connectivity index (χ2v) is 4.46. The summed E-state index contributed by atoms with van der Waals surface area (Å²) in [5, 5.41) is 12.8. The smallest absolute Gasteiger partial charge is 0.329 e. The molecule has 0 radical (unpaired) electrons. The molecule has 88 valence electrons. The quantitative estimate of drug-likeness (QED) is 0.831. The van der Waals surface area contributed by atoms with E-state index in [2.05, 4.69) is 5.32 Å². The van der Waals surface area contributed by atoms with Crippen LogP contribution in [0.5, 0.6) is 0 Å². The highest BCUT2D eigenvalue weighted by molar-refractivity contribution is 6.30. The molecule has 3 nitrogen and oxygen atoms in total. The molecule has 0 aromatic heterocycles. The van der Waals surface area contributed by atoms with Crippen molar-refractivity contribution in [2.75, 3.05) is 5.32 Å². The molecule has 1 atom stereocenters. The Bertz CT molecular complexity index is 381. The summed E-state index contributed by atoms with van der Waals surface area (Å²) in [6.45, 7) is 3.64. The van der Waals surface area contributed by atoms with Crippen LogP contribution in [0.2, 0.25) is 5.02 Å². The van der Waals surface area contributed by atoms with Crippen molar-refractivity contribution < 1.29 is 9.90 Å². The standard InChI is InChI=1S/C12H16ClNO2/c1-3-7-12(2,11(15)16)14-10-6-4-5-9(13)8-10/h4-6,8,14H,3,7H2,1-2H3,(H,15,16). The van der Waals surface area contributed by atoms with Crippen LogP contribution in [0.1, 0.15) is 26.7 Å². The summed E-state index contributed by atoms with van der Waals surface area (Å²) in [6.07, 6.45) is 1.37. The summed E-state index contributed by atoms with van der Waals surface area (Å²) in [6, 6.07) is 7.07. The van der Waals surface area contributed by atoms with Crippen LogP contribution in [0.15, 0.2) is 24.3 Å². The lowest BCUT2D eigenvalue weighted by atomic mass is 9.96. The summed E-state index contributed by atoms with van der Waals surface area (Å²) in [4.78, 5) is 11.2. The minimum Gasteiger partial charge on any atom is -0.480 e. The number of carbonyl (C=O) groups is 1. The van der Waals surface area contributed by atoms with Gasteiger partial charge in [0, 0.05) is 10.7 Å². The monoisotopic (exact) mass is 241 g/mol. The lowest BCUT2D eigenvalue weighted by Gasteiger charge is -2.27. The van der Waals surface area contributed by atoms with E-state index in [0.29, 0.717) is 11.4 Å². The van der Waals surface area contributed by atoms with Gasteiger partial charge in [-0.1, -0.05) is 31.0 Å². The molecule has 0 saturated carbocycles. The van der Waals surface area contributed by atoms with E-state index in [1.807, 2.05) is 13.0 Å². The molecular weight excluding hydrogens is 226 g/mol. The zero-order valence-corrected chi connectivity index (χ0v) is 10.2. The molecule has 2 N–H and O–H groups in total. The summed E-state index contributed by atoms with van der Waals surface area (Å²) in [7, 11) is 0. The third-order valence-corrected chi connectivity index (χ3v) is 2.70. The molecule has 1 unspecified atom stereocenters. The van der Waals surface area contributed by atoms with Crippen LogP contribution >= 0.6 is 11.6 Å². The van der Waals surface area contributed by atoms with E-state index >= 15 is 0 Å². The van der Waals surface area contributed by atoms with Gasteiger partial charge in [0.1, 0.15) is 5.54 Å². The van der Waals surface area contributed by atoms with Crippen molar-refractivity contribution in [1.29, 1.82) is 0 Å². The van der Waals surface area contributed by atoms with Crippen molar-refractivity contribution in [2.45, 2.75) is 32.2 Å². The van der Waals surface area contributed by atoms with E-state index in [1.165, 1.54) is 0 Å². The zero-order chi connectivity index (χ0) is 12.2. The largest absolute Gasteiger partial charge is 0.480 e. The first kappa shape index (κ1) is 12.8. The lowest BCUT2D eigenvalue weighted by Crippen LogP contribution is -2.43. The summed E-state index contributed by atoms with van der Waals surface area (Å²) in [5.74, 6) is -0.852. The average molecular weight is 242 g/mol. The van der Waals surface area contributed by atoms with E-state index in [1.54, 1.807) is 25.1 Å². The number of hydrogen-bond donors (Lipinski definition) is 2. The van der Waals surface area contributed by atoms with Crippen molar-refractivity contribution in [3.63, 3.8) is 0 Å². The van der Waals surface area contributed by atoms with Crippen LogP contribution in [0.3, 0.4) is 0 Å². The predicted molar refractivity (Wildman–Crippen MR) is 66.0 cm³/mol. The Morgan fingerprint density at radius 1 is 1.56 bits per heavy atom. The van der Waals surface area contributed by atoms with E-state index in [-0.39, 0.29) is 0 Å². The van der Waals surface area contributed by atoms with Crippen LogP contribution in [-0.2, 0) is 4.79 Å². The Balaban J connectivity index is 2.87. The normalized spacial score (nSPS) is 14.2.